The normalized spacial score (nSPS) is 10.1. The van der Waals surface area contributed by atoms with E-state index in [1.54, 1.807) is 13.0 Å². The highest BCUT2D eigenvalue weighted by atomic mass is 79.9. The van der Waals surface area contributed by atoms with Gasteiger partial charge < -0.3 is 15.2 Å². The van der Waals surface area contributed by atoms with Gasteiger partial charge in [-0.1, -0.05) is 27.2 Å². The summed E-state index contributed by atoms with van der Waals surface area (Å²) >= 11 is 3.34. The summed E-state index contributed by atoms with van der Waals surface area (Å²) in [5, 5.41) is 9.38. The van der Waals surface area contributed by atoms with Crippen LogP contribution in [0.15, 0.2) is 39.3 Å². The Kier molecular flexibility index (Phi) is 3.99. The molecule has 0 saturated heterocycles. The molecule has 2 aromatic rings. The molecule has 0 radical (unpaired) electrons. The van der Waals surface area contributed by atoms with Gasteiger partial charge >= 0.3 is 0 Å². The van der Waals surface area contributed by atoms with Crippen LogP contribution in [0.25, 0.3) is 0 Å². The number of hydrogen-bond donors (Lipinski definition) is 2. The lowest BCUT2D eigenvalue weighted by molar-refractivity contribution is -0.114. The second-order valence-electron chi connectivity index (χ2n) is 3.73. The summed E-state index contributed by atoms with van der Waals surface area (Å²) in [7, 11) is 0. The molecular weight excluding hydrogens is 298 g/mol. The van der Waals surface area contributed by atoms with Gasteiger partial charge in [-0.25, -0.2) is 0 Å². The van der Waals surface area contributed by atoms with Crippen LogP contribution in [0.2, 0.25) is 0 Å². The molecule has 2 N–H and O–H groups in total. The Morgan fingerprint density at radius 1 is 1.44 bits per heavy atom. The van der Waals surface area contributed by atoms with E-state index in [-0.39, 0.29) is 12.5 Å². The zero-order valence-corrected chi connectivity index (χ0v) is 11.3. The largest absolute Gasteiger partial charge is 0.360 e. The summed E-state index contributed by atoms with van der Waals surface area (Å²) in [6.07, 6.45) is 0. The Morgan fingerprint density at radius 3 is 2.94 bits per heavy atom. The Labute approximate surface area is 113 Å². The molecule has 0 aliphatic carbocycles. The number of benzene rings is 1. The fourth-order valence-corrected chi connectivity index (χ4v) is 1.79. The molecule has 0 unspecified atom stereocenters. The standard InChI is InChI=1S/C12H12BrN3O2/c1-8-5-11(16-18-8)14-7-12(17)15-10-4-2-3-9(13)6-10/h2-6H,7H2,1H3,(H,14,16)(H,15,17). The zero-order chi connectivity index (χ0) is 13.0. The third kappa shape index (κ3) is 3.59. The van der Waals surface area contributed by atoms with Crippen LogP contribution in [0.3, 0.4) is 0 Å². The molecule has 6 heteroatoms. The van der Waals surface area contributed by atoms with Crippen molar-refractivity contribution in [1.82, 2.24) is 5.16 Å². The van der Waals surface area contributed by atoms with Crippen LogP contribution in [0.5, 0.6) is 0 Å². The van der Waals surface area contributed by atoms with Gasteiger partial charge in [-0.3, -0.25) is 4.79 Å². The number of anilines is 2. The summed E-state index contributed by atoms with van der Waals surface area (Å²) in [6, 6.07) is 9.13. The lowest BCUT2D eigenvalue weighted by Crippen LogP contribution is -2.21. The molecule has 5 nitrogen and oxygen atoms in total. The van der Waals surface area contributed by atoms with Crippen molar-refractivity contribution in [2.24, 2.45) is 0 Å². The number of nitrogens with zero attached hydrogens (tertiary/aromatic N) is 1. The van der Waals surface area contributed by atoms with Gasteiger partial charge in [0.05, 0.1) is 6.54 Å². The van der Waals surface area contributed by atoms with Crippen LogP contribution in [0.1, 0.15) is 5.76 Å². The maximum Gasteiger partial charge on any atom is 0.243 e. The first-order chi connectivity index (χ1) is 8.63. The lowest BCUT2D eigenvalue weighted by atomic mass is 10.3. The van der Waals surface area contributed by atoms with Crippen LogP contribution in [-0.2, 0) is 4.79 Å². The minimum Gasteiger partial charge on any atom is -0.360 e. The van der Waals surface area contributed by atoms with Crippen molar-refractivity contribution in [3.05, 3.63) is 40.6 Å². The predicted octanol–water partition coefficient (Wildman–Crippen LogP) is 2.80. The van der Waals surface area contributed by atoms with Crippen molar-refractivity contribution in [2.45, 2.75) is 6.92 Å². The summed E-state index contributed by atoms with van der Waals surface area (Å²) < 4.78 is 5.80. The third-order valence-corrected chi connectivity index (χ3v) is 2.66. The maximum atomic E-state index is 11.7. The van der Waals surface area contributed by atoms with Crippen LogP contribution in [0, 0.1) is 6.92 Å². The van der Waals surface area contributed by atoms with E-state index in [1.165, 1.54) is 0 Å². The zero-order valence-electron chi connectivity index (χ0n) is 9.74. The van der Waals surface area contributed by atoms with Crippen molar-refractivity contribution in [3.8, 4) is 0 Å². The smallest absolute Gasteiger partial charge is 0.243 e. The number of amides is 1. The number of halogens is 1. The number of aryl methyl sites for hydroxylation is 1. The summed E-state index contributed by atoms with van der Waals surface area (Å²) in [5.74, 6) is 1.11. The highest BCUT2D eigenvalue weighted by Crippen LogP contribution is 2.15. The molecule has 1 heterocycles. The number of carbonyl (C=O) groups excluding carboxylic acids is 1. The van der Waals surface area contributed by atoms with Crippen LogP contribution >= 0.6 is 15.9 Å². The average Bonchev–Trinajstić information content (AvgIpc) is 2.73. The number of nitrogens with one attached hydrogen (secondary N) is 2. The molecule has 2 rings (SSSR count). The highest BCUT2D eigenvalue weighted by molar-refractivity contribution is 9.10. The summed E-state index contributed by atoms with van der Waals surface area (Å²) in [4.78, 5) is 11.7. The lowest BCUT2D eigenvalue weighted by Gasteiger charge is -2.05. The molecule has 0 atom stereocenters. The van der Waals surface area contributed by atoms with Crippen LogP contribution in [-0.4, -0.2) is 17.6 Å². The molecule has 0 fully saturated rings. The molecule has 0 aliphatic rings. The van der Waals surface area contributed by atoms with Gasteiger partial charge in [-0.15, -0.1) is 0 Å². The van der Waals surface area contributed by atoms with Gasteiger partial charge in [0.15, 0.2) is 5.82 Å². The van der Waals surface area contributed by atoms with E-state index in [4.69, 9.17) is 4.52 Å². The van der Waals surface area contributed by atoms with Crippen molar-refractivity contribution in [3.63, 3.8) is 0 Å². The second-order valence-corrected chi connectivity index (χ2v) is 4.65. The van der Waals surface area contributed by atoms with E-state index in [1.807, 2.05) is 24.3 Å². The van der Waals surface area contributed by atoms with Gasteiger partial charge in [-0.05, 0) is 25.1 Å². The van der Waals surface area contributed by atoms with Gasteiger partial charge in [0.2, 0.25) is 5.91 Å². The molecular formula is C12H12BrN3O2. The monoisotopic (exact) mass is 309 g/mol. The van der Waals surface area contributed by atoms with Crippen molar-refractivity contribution in [1.29, 1.82) is 0 Å². The average molecular weight is 310 g/mol. The highest BCUT2D eigenvalue weighted by Gasteiger charge is 2.04. The van der Waals surface area contributed by atoms with E-state index in [0.717, 1.165) is 10.2 Å². The minimum absolute atomic E-state index is 0.137. The summed E-state index contributed by atoms with van der Waals surface area (Å²) in [5.41, 5.74) is 0.743. The van der Waals surface area contributed by atoms with Crippen LogP contribution in [0.4, 0.5) is 11.5 Å². The minimum atomic E-state index is -0.145. The van der Waals surface area contributed by atoms with Gasteiger partial charge in [0.1, 0.15) is 5.76 Å². The maximum absolute atomic E-state index is 11.7. The van der Waals surface area contributed by atoms with Crippen molar-refractivity contribution >= 4 is 33.3 Å². The van der Waals surface area contributed by atoms with E-state index in [9.17, 15) is 4.79 Å². The van der Waals surface area contributed by atoms with E-state index in [2.05, 4.69) is 31.7 Å². The third-order valence-electron chi connectivity index (χ3n) is 2.17. The summed E-state index contributed by atoms with van der Waals surface area (Å²) in [6.45, 7) is 1.93. The molecule has 0 saturated carbocycles. The number of aromatic nitrogens is 1. The molecule has 1 aromatic heterocycles. The Balaban J connectivity index is 1.85. The SMILES string of the molecule is Cc1cc(NCC(=O)Nc2cccc(Br)c2)no1. The number of rotatable bonds is 4. The van der Waals surface area contributed by atoms with Gasteiger partial charge in [-0.2, -0.15) is 0 Å². The molecule has 18 heavy (non-hydrogen) atoms. The van der Waals surface area contributed by atoms with E-state index >= 15 is 0 Å². The first-order valence-corrected chi connectivity index (χ1v) is 6.15. The molecule has 94 valence electrons. The molecule has 0 bridgehead atoms. The molecule has 0 spiro atoms. The topological polar surface area (TPSA) is 67.2 Å². The fourth-order valence-electron chi connectivity index (χ4n) is 1.39. The van der Waals surface area contributed by atoms with Gasteiger partial charge in [0, 0.05) is 16.2 Å². The molecule has 1 amide bonds. The van der Waals surface area contributed by atoms with Crippen LogP contribution < -0.4 is 10.6 Å². The first kappa shape index (κ1) is 12.6. The Bertz CT molecular complexity index is 554. The Hall–Kier alpha value is -1.82. The molecule has 1 aromatic carbocycles. The first-order valence-electron chi connectivity index (χ1n) is 5.36. The number of carbonyl (C=O) groups is 1. The number of hydrogen-bond acceptors (Lipinski definition) is 4. The van der Waals surface area contributed by atoms with Crippen molar-refractivity contribution < 1.29 is 9.32 Å². The second kappa shape index (κ2) is 5.68. The van der Waals surface area contributed by atoms with Crippen molar-refractivity contribution in [2.75, 3.05) is 17.2 Å². The Morgan fingerprint density at radius 2 is 2.28 bits per heavy atom. The fraction of sp³-hybridized carbons (Fsp3) is 0.167. The molecule has 0 aliphatic heterocycles. The predicted molar refractivity (Wildman–Crippen MR) is 72.5 cm³/mol. The quantitative estimate of drug-likeness (QED) is 0.911. The van der Waals surface area contributed by atoms with E-state index in [0.29, 0.717) is 11.6 Å². The van der Waals surface area contributed by atoms with Gasteiger partial charge in [0.25, 0.3) is 0 Å². The van der Waals surface area contributed by atoms with E-state index < -0.39 is 0 Å².